The first kappa shape index (κ1) is 21.9. The Morgan fingerprint density at radius 2 is 1.94 bits per heavy atom. The Bertz CT molecular complexity index is 1030. The van der Waals surface area contributed by atoms with E-state index < -0.39 is 12.0 Å². The van der Waals surface area contributed by atoms with E-state index in [0.29, 0.717) is 30.9 Å². The van der Waals surface area contributed by atoms with Gasteiger partial charge in [-0.1, -0.05) is 36.4 Å². The molecule has 0 spiro atoms. The molecule has 32 heavy (non-hydrogen) atoms. The fourth-order valence-corrected chi connectivity index (χ4v) is 4.47. The molecule has 166 valence electrons. The molecule has 2 aromatic heterocycles. The molecule has 0 saturated carbocycles. The zero-order chi connectivity index (χ0) is 22.3. The van der Waals surface area contributed by atoms with Gasteiger partial charge < -0.3 is 19.8 Å². The van der Waals surface area contributed by atoms with Crippen molar-refractivity contribution in [3.8, 4) is 0 Å². The highest BCUT2D eigenvalue weighted by atomic mass is 32.1. The molecule has 2 amide bonds. The van der Waals surface area contributed by atoms with Gasteiger partial charge in [0.25, 0.3) is 0 Å². The van der Waals surface area contributed by atoms with E-state index in [9.17, 15) is 9.59 Å². The molecule has 1 atom stereocenters. The number of carbonyl (C=O) groups excluding carboxylic acids is 2. The topological polar surface area (TPSA) is 83.8 Å². The quantitative estimate of drug-likeness (QED) is 0.476. The van der Waals surface area contributed by atoms with E-state index in [1.165, 1.54) is 4.88 Å². The summed E-state index contributed by atoms with van der Waals surface area (Å²) < 4.78 is 10.9. The highest BCUT2D eigenvalue weighted by Gasteiger charge is 2.34. The Kier molecular flexibility index (Phi) is 7.03. The molecule has 0 bridgehead atoms. The van der Waals surface area contributed by atoms with Crippen molar-refractivity contribution in [3.05, 3.63) is 93.7 Å². The molecule has 3 heterocycles. The number of amides is 2. The maximum Gasteiger partial charge on any atom is 0.338 e. The number of esters is 1. The molecule has 1 aliphatic heterocycles. The lowest BCUT2D eigenvalue weighted by atomic mass is 9.95. The van der Waals surface area contributed by atoms with Crippen molar-refractivity contribution in [1.82, 2.24) is 15.5 Å². The van der Waals surface area contributed by atoms with Gasteiger partial charge in [-0.25, -0.2) is 9.59 Å². The average Bonchev–Trinajstić information content (AvgIpc) is 3.48. The third kappa shape index (κ3) is 5.27. The second kappa shape index (κ2) is 10.3. The average molecular weight is 452 g/mol. The van der Waals surface area contributed by atoms with Gasteiger partial charge in [0.1, 0.15) is 5.76 Å². The van der Waals surface area contributed by atoms with Crippen LogP contribution in [-0.2, 0) is 22.6 Å². The first-order chi connectivity index (χ1) is 15.6. The summed E-state index contributed by atoms with van der Waals surface area (Å²) in [4.78, 5) is 28.9. The maximum atomic E-state index is 13.0. The molecule has 1 aliphatic rings. The van der Waals surface area contributed by atoms with E-state index >= 15 is 0 Å². The smallest absolute Gasteiger partial charge is 0.338 e. The summed E-state index contributed by atoms with van der Waals surface area (Å²) in [5, 5.41) is 7.76. The van der Waals surface area contributed by atoms with E-state index in [1.807, 2.05) is 53.9 Å². The van der Waals surface area contributed by atoms with Crippen molar-refractivity contribution in [2.75, 3.05) is 13.2 Å². The third-order valence-corrected chi connectivity index (χ3v) is 5.94. The molecule has 7 nitrogen and oxygen atoms in total. The number of thiophene rings is 1. The number of nitrogens with zero attached hydrogens (tertiary/aromatic N) is 1. The predicted molar refractivity (Wildman–Crippen MR) is 122 cm³/mol. The first-order valence-corrected chi connectivity index (χ1v) is 11.3. The molecule has 0 radical (unpaired) electrons. The molecule has 3 aromatic rings. The van der Waals surface area contributed by atoms with Crippen molar-refractivity contribution in [1.29, 1.82) is 0 Å². The number of hydrogen-bond acceptors (Lipinski definition) is 6. The van der Waals surface area contributed by atoms with Crippen LogP contribution in [0.3, 0.4) is 0 Å². The van der Waals surface area contributed by atoms with E-state index in [2.05, 4.69) is 21.6 Å². The molecule has 8 heteroatoms. The number of nitrogens with one attached hydrogen (secondary N) is 2. The van der Waals surface area contributed by atoms with E-state index in [0.717, 1.165) is 11.3 Å². The van der Waals surface area contributed by atoms with Gasteiger partial charge in [-0.3, -0.25) is 4.90 Å². The summed E-state index contributed by atoms with van der Waals surface area (Å²) in [6, 6.07) is 16.3. The molecule has 1 aromatic carbocycles. The van der Waals surface area contributed by atoms with Crippen LogP contribution >= 0.6 is 11.3 Å². The minimum absolute atomic E-state index is 0.246. The van der Waals surface area contributed by atoms with Crippen LogP contribution in [0, 0.1) is 0 Å². The first-order valence-electron chi connectivity index (χ1n) is 10.4. The number of furan rings is 1. The Morgan fingerprint density at radius 1 is 1.09 bits per heavy atom. The normalized spacial score (nSPS) is 16.1. The van der Waals surface area contributed by atoms with Crippen LogP contribution in [0.4, 0.5) is 4.79 Å². The van der Waals surface area contributed by atoms with Crippen molar-refractivity contribution in [2.45, 2.75) is 26.1 Å². The van der Waals surface area contributed by atoms with Crippen LogP contribution in [0.1, 0.15) is 29.2 Å². The largest absolute Gasteiger partial charge is 0.468 e. The highest BCUT2D eigenvalue weighted by Crippen LogP contribution is 2.29. The van der Waals surface area contributed by atoms with Gasteiger partial charge in [0.15, 0.2) is 0 Å². The maximum absolute atomic E-state index is 13.0. The van der Waals surface area contributed by atoms with Crippen molar-refractivity contribution in [3.63, 3.8) is 0 Å². The molecule has 2 N–H and O–H groups in total. The van der Waals surface area contributed by atoms with Crippen LogP contribution in [-0.4, -0.2) is 30.1 Å². The summed E-state index contributed by atoms with van der Waals surface area (Å²) in [6.07, 6.45) is 1.64. The summed E-state index contributed by atoms with van der Waals surface area (Å²) in [5.41, 5.74) is 1.76. The molecule has 4 rings (SSSR count). The van der Waals surface area contributed by atoms with Crippen LogP contribution in [0.25, 0.3) is 0 Å². The highest BCUT2D eigenvalue weighted by molar-refractivity contribution is 7.09. The lowest BCUT2D eigenvalue weighted by molar-refractivity contribution is -0.139. The lowest BCUT2D eigenvalue weighted by Gasteiger charge is -2.32. The molecule has 0 fully saturated rings. The number of rotatable bonds is 9. The summed E-state index contributed by atoms with van der Waals surface area (Å²) in [7, 11) is 0. The number of hydrogen-bond donors (Lipinski definition) is 2. The van der Waals surface area contributed by atoms with E-state index in [4.69, 9.17) is 9.15 Å². The monoisotopic (exact) mass is 451 g/mol. The number of carbonyl (C=O) groups is 2. The molecular weight excluding hydrogens is 426 g/mol. The zero-order valence-corrected chi connectivity index (χ0v) is 18.6. The number of ether oxygens (including phenoxy) is 1. The standard InChI is InChI=1S/C24H25N3O4S/c1-2-30-23(28)21-20(25-24(29)26-22(21)17-8-4-3-5-9-17)16-27(14-18-10-6-12-31-18)15-19-11-7-13-32-19/h3-13,22H,2,14-16H2,1H3,(H2,25,26,29). The van der Waals surface area contributed by atoms with Crippen molar-refractivity contribution >= 4 is 23.3 Å². The second-order valence-corrected chi connectivity index (χ2v) is 8.39. The lowest BCUT2D eigenvalue weighted by Crippen LogP contribution is -2.48. The van der Waals surface area contributed by atoms with Gasteiger partial charge in [-0.15, -0.1) is 11.3 Å². The summed E-state index contributed by atoms with van der Waals surface area (Å²) >= 11 is 1.66. The Balaban J connectivity index is 1.70. The van der Waals surface area contributed by atoms with E-state index in [-0.39, 0.29) is 12.6 Å². The van der Waals surface area contributed by atoms with Crippen molar-refractivity contribution < 1.29 is 18.7 Å². The van der Waals surface area contributed by atoms with Crippen LogP contribution < -0.4 is 10.6 Å². The fourth-order valence-electron chi connectivity index (χ4n) is 3.73. The van der Waals surface area contributed by atoms with E-state index in [1.54, 1.807) is 24.5 Å². The van der Waals surface area contributed by atoms with Gasteiger partial charge in [-0.05, 0) is 36.1 Å². The molecule has 0 saturated heterocycles. The SMILES string of the molecule is CCOC(=O)C1=C(CN(Cc2ccco2)Cc2cccs2)NC(=O)NC1c1ccccc1. The Morgan fingerprint density at radius 3 is 2.62 bits per heavy atom. The van der Waals surface area contributed by atoms with Crippen LogP contribution in [0.15, 0.2) is 81.9 Å². The van der Waals surface area contributed by atoms with Gasteiger partial charge in [0.2, 0.25) is 0 Å². The molecule has 1 unspecified atom stereocenters. The second-order valence-electron chi connectivity index (χ2n) is 7.36. The summed E-state index contributed by atoms with van der Waals surface area (Å²) in [6.45, 7) is 3.55. The van der Waals surface area contributed by atoms with Crippen LogP contribution in [0.2, 0.25) is 0 Å². The number of urea groups is 1. The summed E-state index contributed by atoms with van der Waals surface area (Å²) in [5.74, 6) is 0.359. The zero-order valence-electron chi connectivity index (χ0n) is 17.7. The minimum Gasteiger partial charge on any atom is -0.468 e. The van der Waals surface area contributed by atoms with Gasteiger partial charge >= 0.3 is 12.0 Å². The van der Waals surface area contributed by atoms with Crippen LogP contribution in [0.5, 0.6) is 0 Å². The molecule has 0 aliphatic carbocycles. The van der Waals surface area contributed by atoms with Gasteiger partial charge in [-0.2, -0.15) is 0 Å². The molecular formula is C24H25N3O4S. The van der Waals surface area contributed by atoms with Crippen molar-refractivity contribution in [2.24, 2.45) is 0 Å². The predicted octanol–water partition coefficient (Wildman–Crippen LogP) is 4.21. The Hall–Kier alpha value is -3.36. The fraction of sp³-hybridized carbons (Fsp3) is 0.250. The third-order valence-electron chi connectivity index (χ3n) is 5.08. The van der Waals surface area contributed by atoms with Gasteiger partial charge in [0.05, 0.1) is 31.0 Å². The number of benzene rings is 1. The minimum atomic E-state index is -0.591. The van der Waals surface area contributed by atoms with Gasteiger partial charge in [0, 0.05) is 23.7 Å². The Labute approximate surface area is 190 Å².